The molecule has 0 aromatic carbocycles. The summed E-state index contributed by atoms with van der Waals surface area (Å²) in [6.07, 6.45) is 1.44. The molecule has 1 atom stereocenters. The van der Waals surface area contributed by atoms with E-state index in [-0.39, 0.29) is 0 Å². The van der Waals surface area contributed by atoms with E-state index in [1.807, 2.05) is 11.9 Å². The van der Waals surface area contributed by atoms with Crippen LogP contribution in [0.25, 0.3) is 0 Å². The molecule has 0 aromatic heterocycles. The van der Waals surface area contributed by atoms with Gasteiger partial charge in [-0.1, -0.05) is 0 Å². The molecule has 10 heavy (non-hydrogen) atoms. The van der Waals surface area contributed by atoms with E-state index >= 15 is 0 Å². The van der Waals surface area contributed by atoms with E-state index in [0.29, 0.717) is 0 Å². The molecule has 0 saturated carbocycles. The van der Waals surface area contributed by atoms with Crippen LogP contribution >= 0.6 is 20.7 Å². The van der Waals surface area contributed by atoms with E-state index in [4.69, 9.17) is 18.6 Å². The first kappa shape index (κ1) is 10.9. The predicted octanol–water partition coefficient (Wildman–Crippen LogP) is -4.95. The average molecular weight is 208 g/mol. The van der Waals surface area contributed by atoms with Crippen LogP contribution in [-0.4, -0.2) is 11.9 Å². The van der Waals surface area contributed by atoms with E-state index < -0.39 is 10.2 Å². The van der Waals surface area contributed by atoms with Gasteiger partial charge in [0.1, 0.15) is 0 Å². The van der Waals surface area contributed by atoms with Crippen LogP contribution in [0, 0.1) is 10.2 Å². The number of quaternary nitrogens is 1. The largest absolute Gasteiger partial charge is 0.273 e. The van der Waals surface area contributed by atoms with Crippen molar-refractivity contribution in [1.29, 1.82) is 0 Å². The van der Waals surface area contributed by atoms with Crippen molar-refractivity contribution in [3.63, 3.8) is 0 Å². The first-order chi connectivity index (χ1) is 4.50. The monoisotopic (exact) mass is 207 g/mol. The highest BCUT2D eigenvalue weighted by Gasteiger charge is 2.01. The van der Waals surface area contributed by atoms with Crippen LogP contribution < -0.4 is 23.1 Å². The predicted molar refractivity (Wildman–Crippen MR) is 27.6 cm³/mol. The van der Waals surface area contributed by atoms with Crippen LogP contribution in [0.15, 0.2) is 0 Å². The highest BCUT2D eigenvalue weighted by atomic mass is 35.7. The van der Waals surface area contributed by atoms with Gasteiger partial charge >= 0.3 is 0 Å². The molecule has 5 nitrogen and oxygen atoms in total. The minimum absolute atomic E-state index is 1.15. The van der Waals surface area contributed by atoms with Gasteiger partial charge in [-0.3, -0.25) is 4.49 Å². The maximum absolute atomic E-state index is 8.49. The van der Waals surface area contributed by atoms with Crippen molar-refractivity contribution < 1.29 is 33.4 Å². The second kappa shape index (κ2) is 5.51. The molecule has 8 heteroatoms. The van der Waals surface area contributed by atoms with Crippen molar-refractivity contribution in [1.82, 2.24) is 0 Å². The lowest BCUT2D eigenvalue weighted by Crippen LogP contribution is -2.68. The molecule has 1 aliphatic heterocycles. The molecule has 2 N–H and O–H groups in total. The Labute approximate surface area is 66.5 Å². The average Bonchev–Trinajstić information content (AvgIpc) is 2.07. The van der Waals surface area contributed by atoms with Gasteiger partial charge in [0, 0.05) is 6.16 Å². The Morgan fingerprint density at radius 3 is 1.90 bits per heavy atom. The summed E-state index contributed by atoms with van der Waals surface area (Å²) in [5.41, 5.74) is 0. The number of rotatable bonds is 0. The molecule has 1 fully saturated rings. The van der Waals surface area contributed by atoms with Crippen molar-refractivity contribution in [2.75, 3.05) is 11.9 Å². The molecule has 0 aliphatic carbocycles. The van der Waals surface area contributed by atoms with Crippen LogP contribution in [0.2, 0.25) is 0 Å². The lowest BCUT2D eigenvalue weighted by molar-refractivity contribution is -2.00. The number of hydrogen-bond acceptors (Lipinski definition) is 5. The third kappa shape index (κ3) is 15.9. The molecule has 1 heterocycles. The topological polar surface area (TPSA) is 109 Å². The third-order valence-electron chi connectivity index (χ3n) is 0.531. The Bertz CT molecular complexity index is 72.2. The molecule has 1 rings (SSSR count). The normalized spacial score (nSPS) is 20.4. The van der Waals surface area contributed by atoms with Crippen LogP contribution in [-0.2, 0) is 0 Å². The Morgan fingerprint density at radius 2 is 1.80 bits per heavy atom. The van der Waals surface area contributed by atoms with Gasteiger partial charge < -0.3 is 0 Å². The van der Waals surface area contributed by atoms with Gasteiger partial charge in [0.15, 0.2) is 0 Å². The maximum Gasteiger partial charge on any atom is 0.0987 e. The van der Waals surface area contributed by atoms with E-state index in [1.54, 1.807) is 0 Å². The van der Waals surface area contributed by atoms with Gasteiger partial charge in [-0.05, 0) is 0 Å². The van der Waals surface area contributed by atoms with Gasteiger partial charge in [-0.25, -0.2) is 18.6 Å². The lowest BCUT2D eigenvalue weighted by atomic mass is 11.0. The molecule has 0 bridgehead atoms. The number of hydrogen-bond donors (Lipinski definition) is 1. The van der Waals surface area contributed by atoms with Crippen molar-refractivity contribution in [3.05, 3.63) is 0 Å². The van der Waals surface area contributed by atoms with Crippen molar-refractivity contribution in [2.24, 2.45) is 0 Å². The molecule has 1 saturated heterocycles. The van der Waals surface area contributed by atoms with Gasteiger partial charge in [0.25, 0.3) is 0 Å². The summed E-state index contributed by atoms with van der Waals surface area (Å²) in [5, 5.41) is 0. The summed E-state index contributed by atoms with van der Waals surface area (Å²) < 4.78 is 36.3. The Kier molecular flexibility index (Phi) is 5.99. The van der Waals surface area contributed by atoms with Crippen LogP contribution in [0.4, 0.5) is 0 Å². The zero-order valence-electron chi connectivity index (χ0n) is 4.91. The molecule has 0 amide bonds. The van der Waals surface area contributed by atoms with Gasteiger partial charge in [0.2, 0.25) is 0 Å². The first-order valence-corrected chi connectivity index (χ1v) is 5.85. The molecular weight excluding hydrogens is 201 g/mol. The summed E-state index contributed by atoms with van der Waals surface area (Å²) >= 11 is 1.96. The molecule has 1 aliphatic rings. The quantitative estimate of drug-likeness (QED) is 0.316. The second-order valence-corrected chi connectivity index (χ2v) is 4.67. The second-order valence-electron chi connectivity index (χ2n) is 1.32. The van der Waals surface area contributed by atoms with E-state index in [0.717, 1.165) is 8.73 Å². The fourth-order valence-electron chi connectivity index (χ4n) is 0.295. The zero-order chi connectivity index (χ0) is 8.04. The maximum atomic E-state index is 8.49. The fourth-order valence-corrected chi connectivity index (χ4v) is 2.65. The van der Waals surface area contributed by atoms with Crippen molar-refractivity contribution in [3.8, 4) is 0 Å². The summed E-state index contributed by atoms with van der Waals surface area (Å²) in [4.78, 5) is 0. The smallest absolute Gasteiger partial charge is 0.0987 e. The third-order valence-corrected chi connectivity index (χ3v) is 3.21. The van der Waals surface area contributed by atoms with Crippen molar-refractivity contribution in [2.45, 2.75) is 0 Å². The minimum atomic E-state index is -4.94. The standard InChI is InChI=1S/C2H6NPS.ClHO4/c1-2-5-3-4-1;2-1(3,4)5/h3-4H,1-2H2;(H,2,3,4,5). The molecule has 0 spiro atoms. The number of halogens is 1. The summed E-state index contributed by atoms with van der Waals surface area (Å²) in [5.74, 6) is 1.37. The Hall–Kier alpha value is 0.870. The highest BCUT2D eigenvalue weighted by Crippen LogP contribution is 2.06. The first-order valence-electron chi connectivity index (χ1n) is 2.28. The lowest BCUT2D eigenvalue weighted by Gasteiger charge is -2.17. The SMILES string of the molecule is C1CS[NH2+]P1.[O-][Cl+3]([O-])([O-])[O-]. The van der Waals surface area contributed by atoms with Crippen LogP contribution in [0.3, 0.4) is 0 Å². The van der Waals surface area contributed by atoms with Gasteiger partial charge in [0.05, 0.1) is 26.4 Å². The molecule has 0 aromatic rings. The fraction of sp³-hybridized carbons (Fsp3) is 1.00. The van der Waals surface area contributed by atoms with Crippen LogP contribution in [0.5, 0.6) is 0 Å². The van der Waals surface area contributed by atoms with Crippen molar-refractivity contribution >= 4 is 20.7 Å². The number of nitrogens with two attached hydrogens (primary N) is 1. The van der Waals surface area contributed by atoms with E-state index in [1.165, 1.54) is 11.9 Å². The van der Waals surface area contributed by atoms with Gasteiger partial charge in [-0.15, -0.1) is 10.2 Å². The van der Waals surface area contributed by atoms with E-state index in [2.05, 4.69) is 4.49 Å². The molecule has 62 valence electrons. The Morgan fingerprint density at radius 1 is 1.30 bits per heavy atom. The minimum Gasteiger partial charge on any atom is -0.273 e. The van der Waals surface area contributed by atoms with E-state index in [9.17, 15) is 0 Å². The summed E-state index contributed by atoms with van der Waals surface area (Å²) in [6.45, 7) is 0. The highest BCUT2D eigenvalue weighted by molar-refractivity contribution is 7.96. The summed E-state index contributed by atoms with van der Waals surface area (Å²) in [7, 11) is -3.80. The molecule has 1 unspecified atom stereocenters. The summed E-state index contributed by atoms with van der Waals surface area (Å²) in [6, 6.07) is 0. The van der Waals surface area contributed by atoms with Gasteiger partial charge in [-0.2, -0.15) is 0 Å². The van der Waals surface area contributed by atoms with Crippen LogP contribution in [0.1, 0.15) is 0 Å². The Balaban J connectivity index is 0.000000162. The molecule has 0 radical (unpaired) electrons. The zero-order valence-corrected chi connectivity index (χ0v) is 7.48. The molecular formula is C2H7ClNO4PS.